The molecule has 4 aromatic rings. The number of fused-ring (bicyclic) bond motifs is 2. The molecule has 0 saturated heterocycles. The van der Waals surface area contributed by atoms with Crippen molar-refractivity contribution in [1.82, 2.24) is 19.3 Å². The molecule has 0 unspecified atom stereocenters. The van der Waals surface area contributed by atoms with Crippen LogP contribution in [0.1, 0.15) is 42.1 Å². The molecule has 2 N–H and O–H groups in total. The van der Waals surface area contributed by atoms with Crippen LogP contribution in [0.15, 0.2) is 59.5 Å². The Labute approximate surface area is 191 Å². The lowest BCUT2D eigenvalue weighted by molar-refractivity contribution is 0.0950. The predicted octanol–water partition coefficient (Wildman–Crippen LogP) is 3.11. The fourth-order valence-corrected chi connectivity index (χ4v) is 3.80. The van der Waals surface area contributed by atoms with Crippen LogP contribution in [-0.4, -0.2) is 33.5 Å². The van der Waals surface area contributed by atoms with Gasteiger partial charge in [0.2, 0.25) is 0 Å². The maximum absolute atomic E-state index is 13.3. The number of rotatable bonds is 8. The summed E-state index contributed by atoms with van der Waals surface area (Å²) in [5.74, 6) is 0.362. The monoisotopic (exact) mass is 445 g/mol. The minimum Gasteiger partial charge on any atom is -0.497 e. The van der Waals surface area contributed by atoms with E-state index in [1.807, 2.05) is 24.3 Å². The molecule has 8 heteroatoms. The number of carbonyl (C=O) groups excluding carboxylic acids is 1. The van der Waals surface area contributed by atoms with Crippen molar-refractivity contribution in [2.75, 3.05) is 13.7 Å². The number of aromatic nitrogens is 3. The number of amides is 1. The van der Waals surface area contributed by atoms with Gasteiger partial charge in [-0.1, -0.05) is 38.0 Å². The van der Waals surface area contributed by atoms with E-state index in [0.717, 1.165) is 30.6 Å². The number of nitrogens with zero attached hydrogens (tertiary/aromatic N) is 3. The van der Waals surface area contributed by atoms with Crippen LogP contribution >= 0.6 is 0 Å². The van der Waals surface area contributed by atoms with Crippen LogP contribution in [0.3, 0.4) is 0 Å². The van der Waals surface area contributed by atoms with Crippen molar-refractivity contribution in [3.05, 3.63) is 81.7 Å². The Hall–Kier alpha value is -3.94. The number of hydrogen-bond acceptors (Lipinski definition) is 5. The first-order valence-electron chi connectivity index (χ1n) is 11.0. The van der Waals surface area contributed by atoms with E-state index in [0.29, 0.717) is 23.2 Å². The number of carbonyl (C=O) groups is 1. The van der Waals surface area contributed by atoms with Crippen LogP contribution < -0.4 is 21.1 Å². The van der Waals surface area contributed by atoms with Crippen LogP contribution in [0, 0.1) is 5.41 Å². The second-order valence-corrected chi connectivity index (χ2v) is 7.89. The van der Waals surface area contributed by atoms with E-state index in [2.05, 4.69) is 17.2 Å². The van der Waals surface area contributed by atoms with Crippen LogP contribution in [0.25, 0.3) is 16.7 Å². The van der Waals surface area contributed by atoms with Gasteiger partial charge in [-0.3, -0.25) is 19.4 Å². The summed E-state index contributed by atoms with van der Waals surface area (Å²) >= 11 is 0. The van der Waals surface area contributed by atoms with Gasteiger partial charge >= 0.3 is 0 Å². The van der Waals surface area contributed by atoms with Crippen LogP contribution in [0.4, 0.5) is 0 Å². The summed E-state index contributed by atoms with van der Waals surface area (Å²) in [5, 5.41) is 12.0. The minimum absolute atomic E-state index is 0.0125. The molecule has 0 spiro atoms. The smallest absolute Gasteiger partial charge is 0.267 e. The quantitative estimate of drug-likeness (QED) is 0.321. The number of nitrogens with one attached hydrogen (secondary N) is 2. The molecule has 1 aromatic carbocycles. The van der Waals surface area contributed by atoms with E-state index >= 15 is 0 Å². The SMILES string of the molecule is CCCCCNC(=O)c1cc2c(=O)n3ccccc3nc2n(Cc2ccc(OC)cc2)c1=N. The molecule has 1 amide bonds. The highest BCUT2D eigenvalue weighted by Crippen LogP contribution is 2.15. The molecule has 170 valence electrons. The Bertz CT molecular complexity index is 1420. The molecule has 0 aliphatic carbocycles. The summed E-state index contributed by atoms with van der Waals surface area (Å²) in [7, 11) is 1.60. The molecule has 3 aromatic heterocycles. The molecular formula is C25H27N5O3. The molecule has 3 heterocycles. The van der Waals surface area contributed by atoms with Crippen LogP contribution in [-0.2, 0) is 6.54 Å². The van der Waals surface area contributed by atoms with Crippen molar-refractivity contribution < 1.29 is 9.53 Å². The third-order valence-electron chi connectivity index (χ3n) is 5.63. The maximum atomic E-state index is 13.3. The molecule has 0 fully saturated rings. The zero-order chi connectivity index (χ0) is 23.4. The highest BCUT2D eigenvalue weighted by molar-refractivity contribution is 5.96. The maximum Gasteiger partial charge on any atom is 0.267 e. The Balaban J connectivity index is 1.88. The summed E-state index contributed by atoms with van der Waals surface area (Å²) in [6, 6.07) is 14.3. The first-order valence-corrected chi connectivity index (χ1v) is 11.0. The van der Waals surface area contributed by atoms with Gasteiger partial charge in [0.1, 0.15) is 22.5 Å². The summed E-state index contributed by atoms with van der Waals surface area (Å²) < 4.78 is 8.30. The summed E-state index contributed by atoms with van der Waals surface area (Å²) in [4.78, 5) is 30.9. The molecule has 33 heavy (non-hydrogen) atoms. The largest absolute Gasteiger partial charge is 0.497 e. The molecule has 0 aliphatic rings. The van der Waals surface area contributed by atoms with E-state index in [9.17, 15) is 9.59 Å². The second-order valence-electron chi connectivity index (χ2n) is 7.89. The fourth-order valence-electron chi connectivity index (χ4n) is 3.80. The molecular weight excluding hydrogens is 418 g/mol. The van der Waals surface area contributed by atoms with Gasteiger partial charge in [-0.05, 0) is 42.3 Å². The first kappa shape index (κ1) is 22.3. The number of pyridine rings is 2. The number of unbranched alkanes of at least 4 members (excludes halogenated alkanes) is 2. The molecule has 4 rings (SSSR count). The number of ether oxygens (including phenoxy) is 1. The van der Waals surface area contributed by atoms with E-state index in [1.54, 1.807) is 36.1 Å². The van der Waals surface area contributed by atoms with Crippen molar-refractivity contribution in [2.24, 2.45) is 0 Å². The minimum atomic E-state index is -0.362. The van der Waals surface area contributed by atoms with Crippen molar-refractivity contribution in [3.8, 4) is 5.75 Å². The number of methoxy groups -OCH3 is 1. The van der Waals surface area contributed by atoms with Crippen molar-refractivity contribution in [1.29, 1.82) is 5.41 Å². The lowest BCUT2D eigenvalue weighted by Crippen LogP contribution is -2.35. The van der Waals surface area contributed by atoms with Gasteiger partial charge in [-0.15, -0.1) is 0 Å². The van der Waals surface area contributed by atoms with E-state index in [-0.39, 0.29) is 29.1 Å². The highest BCUT2D eigenvalue weighted by Gasteiger charge is 2.17. The zero-order valence-corrected chi connectivity index (χ0v) is 18.8. The first-order chi connectivity index (χ1) is 16.0. The van der Waals surface area contributed by atoms with Gasteiger partial charge in [0.05, 0.1) is 24.6 Å². The van der Waals surface area contributed by atoms with Crippen molar-refractivity contribution >= 4 is 22.6 Å². The predicted molar refractivity (Wildman–Crippen MR) is 127 cm³/mol. The van der Waals surface area contributed by atoms with E-state index < -0.39 is 0 Å². The summed E-state index contributed by atoms with van der Waals surface area (Å²) in [6.07, 6.45) is 4.58. The zero-order valence-electron chi connectivity index (χ0n) is 18.8. The van der Waals surface area contributed by atoms with E-state index in [1.165, 1.54) is 10.5 Å². The average Bonchev–Trinajstić information content (AvgIpc) is 2.84. The van der Waals surface area contributed by atoms with E-state index in [4.69, 9.17) is 10.1 Å². The lowest BCUT2D eigenvalue weighted by Gasteiger charge is -2.15. The van der Waals surface area contributed by atoms with Gasteiger partial charge in [-0.25, -0.2) is 4.98 Å². The Morgan fingerprint density at radius 2 is 1.94 bits per heavy atom. The van der Waals surface area contributed by atoms with Gasteiger partial charge < -0.3 is 14.6 Å². The Morgan fingerprint density at radius 3 is 2.67 bits per heavy atom. The normalized spacial score (nSPS) is 11.1. The molecule has 8 nitrogen and oxygen atoms in total. The molecule has 0 atom stereocenters. The third kappa shape index (κ3) is 4.50. The Kier molecular flexibility index (Phi) is 6.53. The summed E-state index contributed by atoms with van der Waals surface area (Å²) in [5.41, 5.74) is 1.63. The number of benzene rings is 1. The van der Waals surface area contributed by atoms with Crippen molar-refractivity contribution in [3.63, 3.8) is 0 Å². The topological polar surface area (TPSA) is 101 Å². The van der Waals surface area contributed by atoms with Gasteiger partial charge in [-0.2, -0.15) is 0 Å². The molecule has 0 radical (unpaired) electrons. The van der Waals surface area contributed by atoms with Gasteiger partial charge in [0.25, 0.3) is 11.5 Å². The molecule has 0 bridgehead atoms. The number of hydrogen-bond donors (Lipinski definition) is 2. The fraction of sp³-hybridized carbons (Fsp3) is 0.280. The third-order valence-corrected chi connectivity index (χ3v) is 5.63. The lowest BCUT2D eigenvalue weighted by atomic mass is 10.1. The van der Waals surface area contributed by atoms with Gasteiger partial charge in [0.15, 0.2) is 0 Å². The highest BCUT2D eigenvalue weighted by atomic mass is 16.5. The summed E-state index contributed by atoms with van der Waals surface area (Å²) in [6.45, 7) is 2.91. The van der Waals surface area contributed by atoms with Crippen LogP contribution in [0.2, 0.25) is 0 Å². The van der Waals surface area contributed by atoms with Crippen molar-refractivity contribution in [2.45, 2.75) is 32.7 Å². The molecule has 0 saturated carbocycles. The Morgan fingerprint density at radius 1 is 1.15 bits per heavy atom. The second kappa shape index (κ2) is 9.68. The standard InChI is InChI=1S/C25H27N5O3/c1-3-4-6-13-27-24(31)19-15-20-23(28-21-8-5-7-14-29(21)25(20)32)30(22(19)26)16-17-9-11-18(33-2)12-10-17/h5,7-12,14-15,26H,3-4,6,13,16H2,1-2H3,(H,27,31). The average molecular weight is 446 g/mol. The molecule has 0 aliphatic heterocycles. The van der Waals surface area contributed by atoms with Crippen LogP contribution in [0.5, 0.6) is 5.75 Å². The van der Waals surface area contributed by atoms with Gasteiger partial charge in [0, 0.05) is 12.7 Å².